The molecule has 1 rings (SSSR count). The average Bonchev–Trinajstić information content (AvgIpc) is 2.30. The minimum Gasteiger partial charge on any atom is -0.356 e. The summed E-state index contributed by atoms with van der Waals surface area (Å²) >= 11 is 0. The summed E-state index contributed by atoms with van der Waals surface area (Å²) in [6, 6.07) is 0. The van der Waals surface area contributed by atoms with Crippen molar-refractivity contribution in [2.75, 3.05) is 0 Å². The van der Waals surface area contributed by atoms with Crippen LogP contribution in [0.5, 0.6) is 0 Å². The van der Waals surface area contributed by atoms with Crippen LogP contribution in [0, 0.1) is 10.1 Å². The maximum Gasteiger partial charge on any atom is 0.307 e. The van der Waals surface area contributed by atoms with Gasteiger partial charge in [-0.25, -0.2) is 4.68 Å². The van der Waals surface area contributed by atoms with Gasteiger partial charge in [-0.3, -0.25) is 10.1 Å². The van der Waals surface area contributed by atoms with Crippen molar-refractivity contribution in [3.8, 4) is 0 Å². The lowest BCUT2D eigenvalue weighted by atomic mass is 10.1. The molecule has 12 heavy (non-hydrogen) atoms. The highest BCUT2D eigenvalue weighted by Gasteiger charge is 2.21. The molecule has 2 N–H and O–H groups in total. The van der Waals surface area contributed by atoms with Crippen molar-refractivity contribution in [2.24, 2.45) is 0 Å². The minimum absolute atomic E-state index is 0.288. The van der Waals surface area contributed by atoms with E-state index in [1.807, 2.05) is 0 Å². The van der Waals surface area contributed by atoms with E-state index in [9.17, 15) is 10.1 Å². The molecule has 8 heteroatoms. The van der Waals surface area contributed by atoms with Crippen molar-refractivity contribution in [2.45, 2.75) is 5.81 Å². The lowest BCUT2D eigenvalue weighted by molar-refractivity contribution is -0.385. The average molecular weight is 171 g/mol. The minimum atomic E-state index is -2.20. The largest absolute Gasteiger partial charge is 0.356 e. The van der Waals surface area contributed by atoms with Crippen LogP contribution in [0.1, 0.15) is 0 Å². The number of hydrogen-bond donors (Lipinski definition) is 2. The molecule has 0 saturated heterocycles. The van der Waals surface area contributed by atoms with E-state index in [4.69, 9.17) is 10.2 Å². The maximum absolute atomic E-state index is 10.1. The first-order valence-electron chi connectivity index (χ1n) is 3.05. The Morgan fingerprint density at radius 1 is 1.75 bits per heavy atom. The molecule has 0 amide bonds. The van der Waals surface area contributed by atoms with Gasteiger partial charge in [-0.15, -0.1) is 0 Å². The Morgan fingerprint density at radius 2 is 2.33 bits per heavy atom. The van der Waals surface area contributed by atoms with Crippen molar-refractivity contribution in [3.63, 3.8) is 0 Å². The molecule has 0 fully saturated rings. The summed E-state index contributed by atoms with van der Waals surface area (Å²) in [5.74, 6) is -2.20. The Hall–Kier alpha value is -1.41. The first kappa shape index (κ1) is 8.69. The van der Waals surface area contributed by atoms with E-state index < -0.39 is 10.7 Å². The maximum atomic E-state index is 10.1. The van der Waals surface area contributed by atoms with Crippen LogP contribution in [-0.2, 0) is 5.81 Å². The normalized spacial score (nSPS) is 11.5. The third-order valence-corrected chi connectivity index (χ3v) is 1.21. The zero-order valence-electron chi connectivity index (χ0n) is 6.21. The lowest BCUT2D eigenvalue weighted by Gasteiger charge is -2.15. The van der Waals surface area contributed by atoms with Gasteiger partial charge in [0.2, 0.25) is 13.7 Å². The zero-order chi connectivity index (χ0) is 9.35. The molecule has 0 aromatic carbocycles. The summed E-state index contributed by atoms with van der Waals surface area (Å²) in [6.45, 7) is 0. The molecule has 7 nitrogen and oxygen atoms in total. The van der Waals surface area contributed by atoms with Crippen LogP contribution >= 0.6 is 0 Å². The van der Waals surface area contributed by atoms with Gasteiger partial charge in [-0.05, 0) is 0 Å². The molecule has 0 spiro atoms. The van der Waals surface area contributed by atoms with Gasteiger partial charge >= 0.3 is 5.69 Å². The van der Waals surface area contributed by atoms with E-state index in [1.54, 1.807) is 0 Å². The topological polar surface area (TPSA) is 101 Å². The van der Waals surface area contributed by atoms with E-state index in [0.29, 0.717) is 4.68 Å². The smallest absolute Gasteiger partial charge is 0.307 e. The van der Waals surface area contributed by atoms with Gasteiger partial charge in [-0.2, -0.15) is 5.10 Å². The summed E-state index contributed by atoms with van der Waals surface area (Å²) in [6.07, 6.45) is 1.87. The van der Waals surface area contributed by atoms with Crippen molar-refractivity contribution >= 4 is 13.5 Å². The Labute approximate surface area is 67.8 Å². The van der Waals surface area contributed by atoms with Gasteiger partial charge in [0.15, 0.2) is 0 Å². The van der Waals surface area contributed by atoms with Crippen LogP contribution in [0.2, 0.25) is 0 Å². The van der Waals surface area contributed by atoms with Crippen LogP contribution in [-0.4, -0.2) is 32.8 Å². The number of rotatable bonds is 2. The molecule has 1 heterocycles. The van der Waals surface area contributed by atoms with Crippen LogP contribution in [0.3, 0.4) is 0 Å². The molecule has 0 bridgehead atoms. The SMILES string of the molecule is BC(O)(O)n1cc([N+](=O)[O-])cn1. The van der Waals surface area contributed by atoms with Gasteiger partial charge in [0.25, 0.3) is 0 Å². The lowest BCUT2D eigenvalue weighted by Crippen LogP contribution is -2.33. The second-order valence-corrected chi connectivity index (χ2v) is 2.37. The molecule has 0 saturated carbocycles. The summed E-state index contributed by atoms with van der Waals surface area (Å²) in [5, 5.41) is 31.3. The summed E-state index contributed by atoms with van der Waals surface area (Å²) in [5.41, 5.74) is -0.288. The molecule has 0 aliphatic carbocycles. The molecule has 0 unspecified atom stereocenters. The van der Waals surface area contributed by atoms with Gasteiger partial charge < -0.3 is 10.2 Å². The fourth-order valence-corrected chi connectivity index (χ4v) is 0.639. The first-order chi connectivity index (χ1) is 5.41. The predicted octanol–water partition coefficient (Wildman–Crippen LogP) is -2.02. The second kappa shape index (κ2) is 2.57. The van der Waals surface area contributed by atoms with Crippen LogP contribution in [0.15, 0.2) is 12.4 Å². The molecule has 64 valence electrons. The Balaban J connectivity index is 3.00. The van der Waals surface area contributed by atoms with Gasteiger partial charge in [0.1, 0.15) is 12.4 Å². The fourth-order valence-electron chi connectivity index (χ4n) is 0.639. The molecular formula is C4H6BN3O4. The number of nitrogens with zero attached hydrogens (tertiary/aromatic N) is 3. The van der Waals surface area contributed by atoms with Gasteiger partial charge in [-0.1, -0.05) is 0 Å². The van der Waals surface area contributed by atoms with E-state index in [0.717, 1.165) is 20.2 Å². The first-order valence-corrected chi connectivity index (χ1v) is 3.05. The molecule has 1 aromatic rings. The third-order valence-electron chi connectivity index (χ3n) is 1.21. The van der Waals surface area contributed by atoms with E-state index in [2.05, 4.69) is 5.10 Å². The number of nitro groups is 1. The molecule has 0 aliphatic heterocycles. The third kappa shape index (κ3) is 1.60. The quantitative estimate of drug-likeness (QED) is 0.231. The van der Waals surface area contributed by atoms with Crippen molar-refractivity contribution in [3.05, 3.63) is 22.5 Å². The fraction of sp³-hybridized carbons (Fsp3) is 0.250. The van der Waals surface area contributed by atoms with Crippen LogP contribution in [0.4, 0.5) is 5.69 Å². The molecule has 0 radical (unpaired) electrons. The van der Waals surface area contributed by atoms with Crippen LogP contribution in [0.25, 0.3) is 0 Å². The highest BCUT2D eigenvalue weighted by molar-refractivity contribution is 6.10. The molecular weight excluding hydrogens is 165 g/mol. The summed E-state index contributed by atoms with van der Waals surface area (Å²) < 4.78 is 0.686. The van der Waals surface area contributed by atoms with Gasteiger partial charge in [0, 0.05) is 0 Å². The number of aromatic nitrogens is 2. The Morgan fingerprint density at radius 3 is 2.58 bits per heavy atom. The van der Waals surface area contributed by atoms with Crippen LogP contribution < -0.4 is 0 Å². The molecule has 0 aliphatic rings. The van der Waals surface area contributed by atoms with Gasteiger partial charge in [0.05, 0.1) is 4.92 Å². The predicted molar refractivity (Wildman–Crippen MR) is 39.8 cm³/mol. The van der Waals surface area contributed by atoms with E-state index in [1.165, 1.54) is 0 Å². The van der Waals surface area contributed by atoms with Crippen molar-refractivity contribution in [1.29, 1.82) is 0 Å². The highest BCUT2D eigenvalue weighted by atomic mass is 16.6. The summed E-state index contributed by atoms with van der Waals surface area (Å²) in [4.78, 5) is 9.46. The number of hydrogen-bond acceptors (Lipinski definition) is 5. The summed E-state index contributed by atoms with van der Waals surface area (Å²) in [7, 11) is 1.05. The zero-order valence-corrected chi connectivity index (χ0v) is 6.21. The van der Waals surface area contributed by atoms with E-state index in [-0.39, 0.29) is 5.69 Å². The Bertz CT molecular complexity index is 303. The van der Waals surface area contributed by atoms with E-state index >= 15 is 0 Å². The van der Waals surface area contributed by atoms with Crippen molar-refractivity contribution in [1.82, 2.24) is 9.78 Å². The highest BCUT2D eigenvalue weighted by Crippen LogP contribution is 2.11. The standard InChI is InChI=1S/C4H6BN3O4/c5-4(9,10)7-2-3(1-6-7)8(11)12/h1-2,9-10H,5H2. The molecule has 0 atom stereocenters. The monoisotopic (exact) mass is 171 g/mol. The Kier molecular flexibility index (Phi) is 1.86. The number of aliphatic hydroxyl groups is 2. The van der Waals surface area contributed by atoms with Crippen molar-refractivity contribution < 1.29 is 15.1 Å². The second-order valence-electron chi connectivity index (χ2n) is 2.37. The molecule has 1 aromatic heterocycles.